The fraction of sp³-hybridized carbons (Fsp3) is 0.647. The van der Waals surface area contributed by atoms with Gasteiger partial charge in [0.25, 0.3) is 0 Å². The van der Waals surface area contributed by atoms with Gasteiger partial charge in [-0.2, -0.15) is 0 Å². The smallest absolute Gasteiger partial charge is 0.0618 e. The summed E-state index contributed by atoms with van der Waals surface area (Å²) in [5, 5.41) is 3.57. The zero-order chi connectivity index (χ0) is 14.5. The topological polar surface area (TPSA) is 21.3 Å². The van der Waals surface area contributed by atoms with E-state index in [4.69, 9.17) is 4.74 Å². The highest BCUT2D eigenvalue weighted by atomic mass is 16.5. The Morgan fingerprint density at radius 2 is 1.68 bits per heavy atom. The van der Waals surface area contributed by atoms with Crippen LogP contribution in [0.15, 0.2) is 24.3 Å². The molecule has 2 nitrogen and oxygen atoms in total. The van der Waals surface area contributed by atoms with E-state index in [1.54, 1.807) is 7.11 Å². The number of rotatable bonds is 6. The first-order valence-corrected chi connectivity index (χ1v) is 7.16. The lowest BCUT2D eigenvalue weighted by atomic mass is 9.87. The third-order valence-electron chi connectivity index (χ3n) is 3.54. The number of hydrogen-bond donors (Lipinski definition) is 1. The maximum Gasteiger partial charge on any atom is 0.0618 e. The Morgan fingerprint density at radius 3 is 2.11 bits per heavy atom. The summed E-state index contributed by atoms with van der Waals surface area (Å²) < 4.78 is 5.26. The first kappa shape index (κ1) is 16.2. The van der Waals surface area contributed by atoms with Gasteiger partial charge in [-0.05, 0) is 22.5 Å². The van der Waals surface area contributed by atoms with Gasteiger partial charge in [-0.1, -0.05) is 58.9 Å². The van der Waals surface area contributed by atoms with Crippen LogP contribution < -0.4 is 5.32 Å². The molecule has 0 aliphatic carbocycles. The zero-order valence-corrected chi connectivity index (χ0v) is 13.3. The SMILES string of the molecule is COCC(NCc1ccc(C(C)(C)C)cc1)C(C)C. The molecular weight excluding hydrogens is 234 g/mol. The molecule has 0 spiro atoms. The Labute approximate surface area is 118 Å². The monoisotopic (exact) mass is 263 g/mol. The Hall–Kier alpha value is -0.860. The van der Waals surface area contributed by atoms with Gasteiger partial charge in [0.1, 0.15) is 0 Å². The van der Waals surface area contributed by atoms with Gasteiger partial charge in [0.2, 0.25) is 0 Å². The lowest BCUT2D eigenvalue weighted by molar-refractivity contribution is 0.146. The second kappa shape index (κ2) is 7.06. The molecule has 19 heavy (non-hydrogen) atoms. The van der Waals surface area contributed by atoms with Gasteiger partial charge in [-0.3, -0.25) is 0 Å². The van der Waals surface area contributed by atoms with Gasteiger partial charge in [-0.15, -0.1) is 0 Å². The van der Waals surface area contributed by atoms with Crippen molar-refractivity contribution in [2.24, 2.45) is 5.92 Å². The molecule has 0 aromatic heterocycles. The molecule has 0 aliphatic heterocycles. The standard InChI is InChI=1S/C17H29NO/c1-13(2)16(12-19-6)18-11-14-7-9-15(10-8-14)17(3,4)5/h7-10,13,16,18H,11-12H2,1-6H3. The number of benzene rings is 1. The summed E-state index contributed by atoms with van der Waals surface area (Å²) in [7, 11) is 1.76. The van der Waals surface area contributed by atoms with Crippen LogP contribution in [0.4, 0.5) is 0 Å². The van der Waals surface area contributed by atoms with Gasteiger partial charge in [0.15, 0.2) is 0 Å². The van der Waals surface area contributed by atoms with E-state index in [-0.39, 0.29) is 5.41 Å². The molecule has 0 radical (unpaired) electrons. The van der Waals surface area contributed by atoms with Crippen LogP contribution in [-0.4, -0.2) is 19.8 Å². The minimum absolute atomic E-state index is 0.225. The number of ether oxygens (including phenoxy) is 1. The minimum Gasteiger partial charge on any atom is -0.383 e. The van der Waals surface area contributed by atoms with Gasteiger partial charge >= 0.3 is 0 Å². The summed E-state index contributed by atoms with van der Waals surface area (Å²) in [6.45, 7) is 12.8. The van der Waals surface area contributed by atoms with E-state index < -0.39 is 0 Å². The molecule has 1 rings (SSSR count). The minimum atomic E-state index is 0.225. The van der Waals surface area contributed by atoms with Gasteiger partial charge in [0.05, 0.1) is 6.61 Å². The van der Waals surface area contributed by atoms with Crippen LogP contribution in [0.2, 0.25) is 0 Å². The molecule has 0 fully saturated rings. The molecule has 2 heteroatoms. The Morgan fingerprint density at radius 1 is 1.11 bits per heavy atom. The maximum absolute atomic E-state index is 5.26. The summed E-state index contributed by atoms with van der Waals surface area (Å²) >= 11 is 0. The molecule has 0 amide bonds. The van der Waals surface area contributed by atoms with Gasteiger partial charge < -0.3 is 10.1 Å². The highest BCUT2D eigenvalue weighted by Crippen LogP contribution is 2.22. The van der Waals surface area contributed by atoms with E-state index in [0.29, 0.717) is 12.0 Å². The van der Waals surface area contributed by atoms with Crippen molar-refractivity contribution in [1.82, 2.24) is 5.32 Å². The van der Waals surface area contributed by atoms with Crippen molar-refractivity contribution in [3.05, 3.63) is 35.4 Å². The molecule has 1 atom stereocenters. The summed E-state index contributed by atoms with van der Waals surface area (Å²) in [6, 6.07) is 9.32. The van der Waals surface area contributed by atoms with E-state index in [1.807, 2.05) is 0 Å². The Balaban J connectivity index is 2.58. The van der Waals surface area contributed by atoms with E-state index in [9.17, 15) is 0 Å². The molecule has 0 saturated carbocycles. The highest BCUT2D eigenvalue weighted by Gasteiger charge is 2.14. The molecule has 0 bridgehead atoms. The molecule has 0 aliphatic rings. The molecule has 1 aromatic carbocycles. The van der Waals surface area contributed by atoms with E-state index in [2.05, 4.69) is 64.2 Å². The Kier molecular flexibility index (Phi) is 6.02. The summed E-state index contributed by atoms with van der Waals surface area (Å²) in [5.74, 6) is 0.578. The van der Waals surface area contributed by atoms with Crippen molar-refractivity contribution in [1.29, 1.82) is 0 Å². The second-order valence-electron chi connectivity index (χ2n) is 6.63. The lowest BCUT2D eigenvalue weighted by Crippen LogP contribution is -2.37. The molecule has 0 saturated heterocycles. The average Bonchev–Trinajstić information content (AvgIpc) is 2.33. The predicted molar refractivity (Wildman–Crippen MR) is 82.5 cm³/mol. The average molecular weight is 263 g/mol. The van der Waals surface area contributed by atoms with Crippen LogP contribution in [0, 0.1) is 5.92 Å². The van der Waals surface area contributed by atoms with Crippen LogP contribution in [0.3, 0.4) is 0 Å². The van der Waals surface area contributed by atoms with Gasteiger partial charge in [0, 0.05) is 19.7 Å². The van der Waals surface area contributed by atoms with Crippen LogP contribution >= 0.6 is 0 Å². The summed E-state index contributed by atoms with van der Waals surface area (Å²) in [5.41, 5.74) is 2.94. The molecule has 1 N–H and O–H groups in total. The maximum atomic E-state index is 5.26. The van der Waals surface area contributed by atoms with Crippen molar-refractivity contribution >= 4 is 0 Å². The first-order chi connectivity index (χ1) is 8.84. The molecule has 1 unspecified atom stereocenters. The van der Waals surface area contributed by atoms with Crippen LogP contribution in [-0.2, 0) is 16.7 Å². The van der Waals surface area contributed by atoms with Crippen molar-refractivity contribution in [2.75, 3.05) is 13.7 Å². The second-order valence-corrected chi connectivity index (χ2v) is 6.63. The van der Waals surface area contributed by atoms with Crippen molar-refractivity contribution in [2.45, 2.75) is 52.6 Å². The fourth-order valence-electron chi connectivity index (χ4n) is 2.04. The number of hydrogen-bond acceptors (Lipinski definition) is 2. The van der Waals surface area contributed by atoms with Crippen LogP contribution in [0.1, 0.15) is 45.7 Å². The summed E-state index contributed by atoms with van der Waals surface area (Å²) in [6.07, 6.45) is 0. The fourth-order valence-corrected chi connectivity index (χ4v) is 2.04. The van der Waals surface area contributed by atoms with Gasteiger partial charge in [-0.25, -0.2) is 0 Å². The highest BCUT2D eigenvalue weighted by molar-refractivity contribution is 5.27. The van der Waals surface area contributed by atoms with E-state index in [1.165, 1.54) is 11.1 Å². The largest absolute Gasteiger partial charge is 0.383 e. The predicted octanol–water partition coefficient (Wildman–Crippen LogP) is 3.74. The third-order valence-corrected chi connectivity index (χ3v) is 3.54. The normalized spacial score (nSPS) is 13.8. The number of nitrogens with one attached hydrogen (secondary N) is 1. The third kappa shape index (κ3) is 5.33. The van der Waals surface area contributed by atoms with Crippen molar-refractivity contribution in [3.8, 4) is 0 Å². The van der Waals surface area contributed by atoms with Crippen LogP contribution in [0.5, 0.6) is 0 Å². The Bertz CT molecular complexity index is 362. The quantitative estimate of drug-likeness (QED) is 0.844. The van der Waals surface area contributed by atoms with Crippen LogP contribution in [0.25, 0.3) is 0 Å². The number of methoxy groups -OCH3 is 1. The van der Waals surface area contributed by atoms with E-state index in [0.717, 1.165) is 13.2 Å². The lowest BCUT2D eigenvalue weighted by Gasteiger charge is -2.22. The zero-order valence-electron chi connectivity index (χ0n) is 13.3. The molecule has 0 heterocycles. The molecule has 1 aromatic rings. The molecule has 108 valence electrons. The molecular formula is C17H29NO. The van der Waals surface area contributed by atoms with Crippen molar-refractivity contribution in [3.63, 3.8) is 0 Å². The first-order valence-electron chi connectivity index (χ1n) is 7.16. The van der Waals surface area contributed by atoms with E-state index >= 15 is 0 Å². The van der Waals surface area contributed by atoms with Crippen molar-refractivity contribution < 1.29 is 4.74 Å². The summed E-state index contributed by atoms with van der Waals surface area (Å²) in [4.78, 5) is 0.